The average Bonchev–Trinajstić information content (AvgIpc) is 4.05. The quantitative estimate of drug-likeness (QED) is 0.291. The maximum atomic E-state index is 14.6. The monoisotopic (exact) mass is 836 g/mol. The lowest BCUT2D eigenvalue weighted by Gasteiger charge is -2.30. The molecule has 3 fully saturated rings. The number of Topliss-reactive ketones (excluding diaryl/α,β-unsaturated/α-hetero) is 1. The van der Waals surface area contributed by atoms with Crippen LogP contribution in [0.15, 0.2) is 30.4 Å². The lowest BCUT2D eigenvalue weighted by Crippen LogP contribution is -2.53. The summed E-state index contributed by atoms with van der Waals surface area (Å²) in [5.74, 6) is -2.14. The maximum Gasteiger partial charge on any atom is 0.422 e. The highest BCUT2D eigenvalue weighted by atomic mass is 32.2. The first-order chi connectivity index (χ1) is 27.2. The average molecular weight is 837 g/mol. The first-order valence-corrected chi connectivity index (χ1v) is 21.1. The minimum Gasteiger partial charge on any atom is -0.496 e. The van der Waals surface area contributed by atoms with Crippen molar-refractivity contribution in [3.05, 3.63) is 35.9 Å². The first kappa shape index (κ1) is 43.0. The number of halogens is 3. The highest BCUT2D eigenvalue weighted by Gasteiger charge is 2.61. The first-order valence-electron chi connectivity index (χ1n) is 19.6. The molecule has 2 aliphatic heterocycles. The van der Waals surface area contributed by atoms with Crippen LogP contribution in [0.5, 0.6) is 17.4 Å². The number of amides is 3. The second kappa shape index (κ2) is 16.6. The molecule has 0 unspecified atom stereocenters. The number of benzene rings is 1. The van der Waals surface area contributed by atoms with Crippen LogP contribution in [-0.4, -0.2) is 97.5 Å². The van der Waals surface area contributed by atoms with Gasteiger partial charge in [0.25, 0.3) is 0 Å². The van der Waals surface area contributed by atoms with E-state index in [0.29, 0.717) is 48.8 Å². The van der Waals surface area contributed by atoms with Crippen LogP contribution in [0.2, 0.25) is 0 Å². The van der Waals surface area contributed by atoms with E-state index >= 15 is 0 Å². The normalized spacial score (nSPS) is 26.4. The zero-order valence-corrected chi connectivity index (χ0v) is 34.1. The number of sulfonamides is 1. The molecule has 18 heteroatoms. The predicted octanol–water partition coefficient (Wildman–Crippen LogP) is 5.83. The summed E-state index contributed by atoms with van der Waals surface area (Å²) in [6.07, 6.45) is 0.938. The molecule has 5 atom stereocenters. The number of hydrogen-bond acceptors (Lipinski definition) is 11. The molecule has 1 aromatic carbocycles. The second-order valence-corrected chi connectivity index (χ2v) is 18.6. The number of alkyl carbamates (subject to hydrolysis) is 1. The fourth-order valence-electron chi connectivity index (χ4n) is 7.72. The predicted molar refractivity (Wildman–Crippen MR) is 205 cm³/mol. The topological polar surface area (TPSA) is 180 Å². The molecule has 318 valence electrons. The number of carbonyl (C=O) groups is 4. The van der Waals surface area contributed by atoms with E-state index in [2.05, 4.69) is 15.0 Å². The van der Waals surface area contributed by atoms with Gasteiger partial charge in [0, 0.05) is 29.9 Å². The molecule has 3 amide bonds. The number of hydrogen-bond donors (Lipinski definition) is 2. The van der Waals surface area contributed by atoms with Gasteiger partial charge in [-0.1, -0.05) is 25.0 Å². The molecular formula is C40H51F3N4O10S. The molecular weight excluding hydrogens is 786 g/mol. The van der Waals surface area contributed by atoms with Gasteiger partial charge in [-0.05, 0) is 84.3 Å². The third kappa shape index (κ3) is 10.1. The summed E-state index contributed by atoms with van der Waals surface area (Å²) in [4.78, 5) is 61.6. The Labute approximate surface area is 335 Å². The van der Waals surface area contributed by atoms with Crippen molar-refractivity contribution >= 4 is 44.6 Å². The number of aromatic nitrogens is 1. The Balaban J connectivity index is 1.35. The summed E-state index contributed by atoms with van der Waals surface area (Å²) >= 11 is 0. The SMILES string of the molecule is COc1ccc2c(O[C@@H]3C[C@H]4C(=O)C[C@]5(C(=O)NS(=O)(=O)C6CC6)C[C@@H]5/C=C\CCCCC[C@H](NC(=O)OC(C)(C)C)C(=O)N4C3)cc(OCC(F)(F)F)nc2c1C. The third-order valence-electron chi connectivity index (χ3n) is 10.9. The van der Waals surface area contributed by atoms with Crippen LogP contribution in [0.3, 0.4) is 0 Å². The molecule has 1 saturated heterocycles. The van der Waals surface area contributed by atoms with E-state index in [1.807, 2.05) is 12.2 Å². The molecule has 6 rings (SSSR count). The van der Waals surface area contributed by atoms with Gasteiger partial charge in [-0.3, -0.25) is 19.1 Å². The van der Waals surface area contributed by atoms with Gasteiger partial charge in [-0.2, -0.15) is 13.2 Å². The number of allylic oxidation sites excluding steroid dienone is 2. The molecule has 4 aliphatic rings. The van der Waals surface area contributed by atoms with Crippen LogP contribution in [0.25, 0.3) is 10.9 Å². The van der Waals surface area contributed by atoms with Crippen molar-refractivity contribution in [3.8, 4) is 17.4 Å². The zero-order chi connectivity index (χ0) is 42.2. The summed E-state index contributed by atoms with van der Waals surface area (Å²) in [5.41, 5.74) is -1.48. The van der Waals surface area contributed by atoms with E-state index in [4.69, 9.17) is 18.9 Å². The molecule has 2 aliphatic carbocycles. The number of pyridine rings is 1. The molecule has 2 saturated carbocycles. The molecule has 0 bridgehead atoms. The van der Waals surface area contributed by atoms with Gasteiger partial charge in [-0.25, -0.2) is 18.2 Å². The van der Waals surface area contributed by atoms with Crippen LogP contribution in [-0.2, 0) is 29.1 Å². The lowest BCUT2D eigenvalue weighted by atomic mass is 9.91. The second-order valence-electron chi connectivity index (χ2n) is 16.7. The number of nitrogens with zero attached hydrogens (tertiary/aromatic N) is 2. The van der Waals surface area contributed by atoms with E-state index in [0.717, 1.165) is 6.42 Å². The summed E-state index contributed by atoms with van der Waals surface area (Å²) in [5, 5.41) is 2.43. The lowest BCUT2D eigenvalue weighted by molar-refractivity contribution is -0.154. The highest BCUT2D eigenvalue weighted by molar-refractivity contribution is 7.90. The Bertz CT molecular complexity index is 2070. The van der Waals surface area contributed by atoms with Crippen LogP contribution in [0.1, 0.15) is 90.5 Å². The van der Waals surface area contributed by atoms with Gasteiger partial charge in [0.2, 0.25) is 27.7 Å². The van der Waals surface area contributed by atoms with E-state index in [-0.39, 0.29) is 49.4 Å². The van der Waals surface area contributed by atoms with Gasteiger partial charge in [0.1, 0.15) is 29.2 Å². The Hall–Kier alpha value is -4.61. The summed E-state index contributed by atoms with van der Waals surface area (Å²) < 4.78 is 90.0. The van der Waals surface area contributed by atoms with Gasteiger partial charge in [-0.15, -0.1) is 0 Å². The standard InChI is InChI=1S/C40H51F3N4O10S/c1-23-31(54-5)16-15-27-32(18-33(45-34(23)27)55-22-40(41,42)43)56-25-17-29-30(48)20-39(36(50)46-58(52,53)26-13-14-26)19-24(39)11-9-7-6-8-10-12-28(35(49)47(29)21-25)44-37(51)57-38(2,3)4/h9,11,15-16,18,24-26,28-29H,6-8,10,12-14,17,19-22H2,1-5H3,(H,44,51)(H,46,50)/b11-9-/t24-,25+,28-,29-,39+/m0/s1. The summed E-state index contributed by atoms with van der Waals surface area (Å²) in [6, 6.07) is 2.22. The minimum atomic E-state index is -4.66. The zero-order valence-electron chi connectivity index (χ0n) is 33.3. The number of carbonyl (C=O) groups excluding carboxylic acids is 4. The number of alkyl halides is 3. The molecule has 58 heavy (non-hydrogen) atoms. The molecule has 2 N–H and O–H groups in total. The van der Waals surface area contributed by atoms with Crippen molar-refractivity contribution in [2.45, 2.75) is 127 Å². The fraction of sp³-hybridized carbons (Fsp3) is 0.625. The van der Waals surface area contributed by atoms with Crippen molar-refractivity contribution in [3.63, 3.8) is 0 Å². The van der Waals surface area contributed by atoms with E-state index in [9.17, 15) is 40.8 Å². The van der Waals surface area contributed by atoms with Crippen molar-refractivity contribution < 1.29 is 59.7 Å². The Morgan fingerprint density at radius 3 is 2.47 bits per heavy atom. The molecule has 3 heterocycles. The molecule has 0 radical (unpaired) electrons. The number of ether oxygens (including phenoxy) is 4. The Morgan fingerprint density at radius 2 is 1.79 bits per heavy atom. The van der Waals surface area contributed by atoms with Crippen LogP contribution >= 0.6 is 0 Å². The van der Waals surface area contributed by atoms with Crippen molar-refractivity contribution in [1.82, 2.24) is 19.9 Å². The Morgan fingerprint density at radius 1 is 1.05 bits per heavy atom. The maximum absolute atomic E-state index is 14.6. The number of methoxy groups -OCH3 is 1. The number of rotatable bonds is 9. The highest BCUT2D eigenvalue weighted by Crippen LogP contribution is 2.57. The van der Waals surface area contributed by atoms with E-state index in [1.165, 1.54) is 18.1 Å². The molecule has 14 nitrogen and oxygen atoms in total. The van der Waals surface area contributed by atoms with Gasteiger partial charge < -0.3 is 29.2 Å². The molecule has 2 aromatic rings. The largest absolute Gasteiger partial charge is 0.496 e. The smallest absolute Gasteiger partial charge is 0.422 e. The molecule has 0 spiro atoms. The van der Waals surface area contributed by atoms with Gasteiger partial charge >= 0.3 is 12.3 Å². The van der Waals surface area contributed by atoms with Crippen molar-refractivity contribution in [2.24, 2.45) is 11.3 Å². The summed E-state index contributed by atoms with van der Waals surface area (Å²) in [6.45, 7) is 4.94. The minimum absolute atomic E-state index is 0.0810. The van der Waals surface area contributed by atoms with E-state index < -0.39 is 86.9 Å². The number of ketones is 1. The van der Waals surface area contributed by atoms with E-state index in [1.54, 1.807) is 39.8 Å². The van der Waals surface area contributed by atoms with Crippen LogP contribution < -0.4 is 24.2 Å². The fourth-order valence-corrected chi connectivity index (χ4v) is 9.11. The Kier molecular flexibility index (Phi) is 12.3. The van der Waals surface area contributed by atoms with Crippen molar-refractivity contribution in [1.29, 1.82) is 0 Å². The summed E-state index contributed by atoms with van der Waals surface area (Å²) in [7, 11) is -2.49. The van der Waals surface area contributed by atoms with Crippen LogP contribution in [0.4, 0.5) is 18.0 Å². The number of fused-ring (bicyclic) bond motifs is 3. The van der Waals surface area contributed by atoms with Gasteiger partial charge in [0.05, 0.1) is 35.9 Å². The third-order valence-corrected chi connectivity index (χ3v) is 12.8. The number of aryl methyl sites for hydroxylation is 1. The van der Waals surface area contributed by atoms with Crippen LogP contribution in [0, 0.1) is 18.3 Å². The molecule has 1 aromatic heterocycles. The van der Waals surface area contributed by atoms with Gasteiger partial charge in [0.15, 0.2) is 12.4 Å². The van der Waals surface area contributed by atoms with Crippen molar-refractivity contribution in [2.75, 3.05) is 20.3 Å². The number of nitrogens with one attached hydrogen (secondary N) is 2.